The average Bonchev–Trinajstić information content (AvgIpc) is 2.76. The van der Waals surface area contributed by atoms with Crippen LogP contribution in [0.3, 0.4) is 0 Å². The van der Waals surface area contributed by atoms with Crippen LogP contribution in [0.15, 0.2) is 0 Å². The van der Waals surface area contributed by atoms with Gasteiger partial charge < -0.3 is 11.1 Å². The smallest absolute Gasteiger partial charge is 0.240 e. The summed E-state index contributed by atoms with van der Waals surface area (Å²) < 4.78 is 0. The highest BCUT2D eigenvalue weighted by atomic mass is 35.5. The van der Waals surface area contributed by atoms with Crippen molar-refractivity contribution in [2.75, 3.05) is 18.1 Å². The Morgan fingerprint density at radius 3 is 2.47 bits per heavy atom. The molecule has 3 N–H and O–H groups in total. The highest BCUT2D eigenvalue weighted by Gasteiger charge is 2.36. The minimum atomic E-state index is -0.552. The summed E-state index contributed by atoms with van der Waals surface area (Å²) in [5.74, 6) is 3.25. The standard InChI is InChI=1S/C12H22N2OS.ClH/c13-12(5-1-2-6-12)11(15)14-9-10-3-7-16-8-4-10;/h10H,1-9,13H2,(H,14,15);1H. The van der Waals surface area contributed by atoms with Gasteiger partial charge in [-0.1, -0.05) is 12.8 Å². The Hall–Kier alpha value is 0.0700. The van der Waals surface area contributed by atoms with E-state index < -0.39 is 5.54 Å². The number of hydrogen-bond acceptors (Lipinski definition) is 3. The number of halogens is 1. The highest BCUT2D eigenvalue weighted by Crippen LogP contribution is 2.27. The molecule has 0 aromatic carbocycles. The van der Waals surface area contributed by atoms with Crippen LogP contribution in [0.4, 0.5) is 0 Å². The monoisotopic (exact) mass is 278 g/mol. The van der Waals surface area contributed by atoms with Gasteiger partial charge in [0, 0.05) is 6.54 Å². The molecule has 1 saturated carbocycles. The first-order chi connectivity index (χ1) is 7.71. The minimum absolute atomic E-state index is 0. The molecule has 0 unspecified atom stereocenters. The summed E-state index contributed by atoms with van der Waals surface area (Å²) in [6, 6.07) is 0. The highest BCUT2D eigenvalue weighted by molar-refractivity contribution is 7.99. The molecule has 1 aliphatic heterocycles. The van der Waals surface area contributed by atoms with Crippen LogP contribution < -0.4 is 11.1 Å². The Labute approximate surface area is 114 Å². The summed E-state index contributed by atoms with van der Waals surface area (Å²) in [5.41, 5.74) is 5.55. The summed E-state index contributed by atoms with van der Waals surface area (Å²) in [5, 5.41) is 3.06. The third-order valence-electron chi connectivity index (χ3n) is 3.84. The van der Waals surface area contributed by atoms with Gasteiger partial charge >= 0.3 is 0 Å². The van der Waals surface area contributed by atoms with Gasteiger partial charge in [-0.15, -0.1) is 12.4 Å². The Bertz CT molecular complexity index is 251. The van der Waals surface area contributed by atoms with Gasteiger partial charge in [0.1, 0.15) is 0 Å². The molecule has 100 valence electrons. The van der Waals surface area contributed by atoms with E-state index in [4.69, 9.17) is 5.73 Å². The number of nitrogens with one attached hydrogen (secondary N) is 1. The van der Waals surface area contributed by atoms with E-state index in [1.54, 1.807) is 0 Å². The number of rotatable bonds is 3. The number of hydrogen-bond donors (Lipinski definition) is 2. The topological polar surface area (TPSA) is 55.1 Å². The van der Waals surface area contributed by atoms with Crippen LogP contribution in [0.1, 0.15) is 38.5 Å². The van der Waals surface area contributed by atoms with Gasteiger partial charge in [0.25, 0.3) is 0 Å². The van der Waals surface area contributed by atoms with Crippen LogP contribution in [-0.4, -0.2) is 29.5 Å². The van der Waals surface area contributed by atoms with E-state index in [2.05, 4.69) is 5.32 Å². The first kappa shape index (κ1) is 15.1. The number of nitrogens with two attached hydrogens (primary N) is 1. The maximum atomic E-state index is 12.0. The second kappa shape index (κ2) is 6.86. The van der Waals surface area contributed by atoms with Crippen molar-refractivity contribution in [1.82, 2.24) is 5.32 Å². The first-order valence-corrected chi connectivity index (χ1v) is 7.51. The Kier molecular flexibility index (Phi) is 6.10. The third-order valence-corrected chi connectivity index (χ3v) is 4.89. The Morgan fingerprint density at radius 2 is 1.88 bits per heavy atom. The van der Waals surface area contributed by atoms with Gasteiger partial charge in [0.15, 0.2) is 0 Å². The fraction of sp³-hybridized carbons (Fsp3) is 0.917. The lowest BCUT2D eigenvalue weighted by atomic mass is 9.97. The van der Waals surface area contributed by atoms with Gasteiger partial charge in [0.05, 0.1) is 5.54 Å². The molecular formula is C12H23ClN2OS. The zero-order valence-corrected chi connectivity index (χ0v) is 11.9. The fourth-order valence-electron chi connectivity index (χ4n) is 2.60. The van der Waals surface area contributed by atoms with Gasteiger partial charge in [-0.05, 0) is 43.1 Å². The van der Waals surface area contributed by atoms with Gasteiger partial charge in [-0.2, -0.15) is 11.8 Å². The Morgan fingerprint density at radius 1 is 1.29 bits per heavy atom. The molecular weight excluding hydrogens is 256 g/mol. The van der Waals surface area contributed by atoms with Crippen LogP contribution in [0.5, 0.6) is 0 Å². The first-order valence-electron chi connectivity index (χ1n) is 6.36. The normalized spacial score (nSPS) is 24.1. The molecule has 1 amide bonds. The van der Waals surface area contributed by atoms with Crippen LogP contribution in [0.2, 0.25) is 0 Å². The third kappa shape index (κ3) is 4.04. The summed E-state index contributed by atoms with van der Waals surface area (Å²) in [6.45, 7) is 0.832. The molecule has 0 spiro atoms. The maximum absolute atomic E-state index is 12.0. The van der Waals surface area contributed by atoms with Crippen molar-refractivity contribution in [2.24, 2.45) is 11.7 Å². The van der Waals surface area contributed by atoms with Crippen molar-refractivity contribution in [3.8, 4) is 0 Å². The van der Waals surface area contributed by atoms with Crippen molar-refractivity contribution in [3.05, 3.63) is 0 Å². The van der Waals surface area contributed by atoms with E-state index in [-0.39, 0.29) is 18.3 Å². The number of carbonyl (C=O) groups excluding carboxylic acids is 1. The van der Waals surface area contributed by atoms with Crippen molar-refractivity contribution in [2.45, 2.75) is 44.1 Å². The predicted octanol–water partition coefficient (Wildman–Crippen LogP) is 1.94. The molecule has 3 nitrogen and oxygen atoms in total. The lowest BCUT2D eigenvalue weighted by Crippen LogP contribution is -2.52. The van der Waals surface area contributed by atoms with Gasteiger partial charge in [0.2, 0.25) is 5.91 Å². The van der Waals surface area contributed by atoms with E-state index in [0.717, 1.165) is 32.2 Å². The second-order valence-electron chi connectivity index (χ2n) is 5.13. The summed E-state index contributed by atoms with van der Waals surface area (Å²) in [6.07, 6.45) is 6.40. The average molecular weight is 279 g/mol. The van der Waals surface area contributed by atoms with E-state index in [0.29, 0.717) is 5.92 Å². The van der Waals surface area contributed by atoms with E-state index in [1.807, 2.05) is 11.8 Å². The maximum Gasteiger partial charge on any atom is 0.240 e. The quantitative estimate of drug-likeness (QED) is 0.830. The zero-order chi connectivity index (χ0) is 11.4. The number of thioether (sulfide) groups is 1. The molecule has 0 aromatic heterocycles. The summed E-state index contributed by atoms with van der Waals surface area (Å²) in [4.78, 5) is 12.0. The molecule has 2 fully saturated rings. The summed E-state index contributed by atoms with van der Waals surface area (Å²) in [7, 11) is 0. The van der Waals surface area contributed by atoms with Crippen LogP contribution in [0.25, 0.3) is 0 Å². The van der Waals surface area contributed by atoms with E-state index in [1.165, 1.54) is 24.3 Å². The molecule has 0 aromatic rings. The predicted molar refractivity (Wildman–Crippen MR) is 75.7 cm³/mol. The molecule has 2 aliphatic rings. The van der Waals surface area contributed by atoms with Crippen molar-refractivity contribution in [1.29, 1.82) is 0 Å². The lowest BCUT2D eigenvalue weighted by Gasteiger charge is -2.26. The second-order valence-corrected chi connectivity index (χ2v) is 6.35. The molecule has 1 saturated heterocycles. The van der Waals surface area contributed by atoms with Crippen LogP contribution >= 0.6 is 24.2 Å². The van der Waals surface area contributed by atoms with Gasteiger partial charge in [-0.25, -0.2) is 0 Å². The molecule has 1 heterocycles. The van der Waals surface area contributed by atoms with E-state index >= 15 is 0 Å². The summed E-state index contributed by atoms with van der Waals surface area (Å²) >= 11 is 2.02. The van der Waals surface area contributed by atoms with Crippen molar-refractivity contribution >= 4 is 30.1 Å². The fourth-order valence-corrected chi connectivity index (χ4v) is 3.80. The molecule has 0 bridgehead atoms. The largest absolute Gasteiger partial charge is 0.354 e. The molecule has 5 heteroatoms. The minimum Gasteiger partial charge on any atom is -0.354 e. The van der Waals surface area contributed by atoms with Crippen LogP contribution in [-0.2, 0) is 4.79 Å². The molecule has 1 aliphatic carbocycles. The van der Waals surface area contributed by atoms with Crippen molar-refractivity contribution < 1.29 is 4.79 Å². The molecule has 0 radical (unpaired) electrons. The lowest BCUT2D eigenvalue weighted by molar-refractivity contribution is -0.126. The molecule has 0 atom stereocenters. The van der Waals surface area contributed by atoms with Crippen molar-refractivity contribution in [3.63, 3.8) is 0 Å². The number of carbonyl (C=O) groups is 1. The molecule has 17 heavy (non-hydrogen) atoms. The van der Waals surface area contributed by atoms with E-state index in [9.17, 15) is 4.79 Å². The molecule has 2 rings (SSSR count). The SMILES string of the molecule is Cl.NC1(C(=O)NCC2CCSCC2)CCCC1. The van der Waals surface area contributed by atoms with Gasteiger partial charge in [-0.3, -0.25) is 4.79 Å². The van der Waals surface area contributed by atoms with Crippen LogP contribution in [0, 0.1) is 5.92 Å². The Balaban J connectivity index is 0.00000144. The number of amides is 1. The zero-order valence-electron chi connectivity index (χ0n) is 10.2.